The standard InChI is InChI=1S/C17H15N3/c1-3-7-13(8-4-1)15-11-16-18-19-17(20(16)12-15)14-9-5-2-6-10-14/h1-10,15H,11-12H2. The molecule has 4 rings (SSSR count). The molecule has 1 atom stereocenters. The van der Waals surface area contributed by atoms with E-state index in [1.54, 1.807) is 0 Å². The molecular formula is C17H15N3. The first-order chi connectivity index (χ1) is 9.92. The Hall–Kier alpha value is -2.42. The fraction of sp³-hybridized carbons (Fsp3) is 0.176. The molecule has 1 aliphatic rings. The Kier molecular flexibility index (Phi) is 2.62. The quantitative estimate of drug-likeness (QED) is 0.708. The predicted octanol–water partition coefficient (Wildman–Crippen LogP) is 3.29. The molecule has 2 heterocycles. The topological polar surface area (TPSA) is 30.7 Å². The molecule has 1 aromatic heterocycles. The molecule has 0 radical (unpaired) electrons. The highest BCUT2D eigenvalue weighted by Crippen LogP contribution is 2.31. The van der Waals surface area contributed by atoms with E-state index in [1.807, 2.05) is 18.2 Å². The molecule has 0 aliphatic carbocycles. The number of rotatable bonds is 2. The Morgan fingerprint density at radius 1 is 0.850 bits per heavy atom. The minimum atomic E-state index is 0.518. The van der Waals surface area contributed by atoms with Gasteiger partial charge in [-0.15, -0.1) is 10.2 Å². The average Bonchev–Trinajstić information content (AvgIpc) is 3.09. The van der Waals surface area contributed by atoms with Gasteiger partial charge in [0.25, 0.3) is 0 Å². The lowest BCUT2D eigenvalue weighted by molar-refractivity contribution is 0.650. The first kappa shape index (κ1) is 11.4. The van der Waals surface area contributed by atoms with E-state index in [2.05, 4.69) is 57.2 Å². The van der Waals surface area contributed by atoms with Gasteiger partial charge in [0.1, 0.15) is 5.82 Å². The number of benzene rings is 2. The van der Waals surface area contributed by atoms with Crippen LogP contribution in [-0.2, 0) is 13.0 Å². The van der Waals surface area contributed by atoms with Crippen LogP contribution >= 0.6 is 0 Å². The maximum atomic E-state index is 4.36. The van der Waals surface area contributed by atoms with Crippen LogP contribution in [-0.4, -0.2) is 14.8 Å². The van der Waals surface area contributed by atoms with Crippen molar-refractivity contribution in [3.05, 3.63) is 72.1 Å². The van der Waals surface area contributed by atoms with Crippen molar-refractivity contribution >= 4 is 0 Å². The van der Waals surface area contributed by atoms with Crippen LogP contribution in [0, 0.1) is 0 Å². The van der Waals surface area contributed by atoms with E-state index >= 15 is 0 Å². The number of hydrogen-bond donors (Lipinski definition) is 0. The molecule has 3 aromatic rings. The van der Waals surface area contributed by atoms with Crippen molar-refractivity contribution in [2.75, 3.05) is 0 Å². The zero-order chi connectivity index (χ0) is 13.4. The number of aromatic nitrogens is 3. The summed E-state index contributed by atoms with van der Waals surface area (Å²) in [5.74, 6) is 2.60. The van der Waals surface area contributed by atoms with Gasteiger partial charge in [0.15, 0.2) is 5.82 Å². The molecule has 0 amide bonds. The largest absolute Gasteiger partial charge is 0.310 e. The fourth-order valence-electron chi connectivity index (χ4n) is 2.93. The number of nitrogens with zero attached hydrogens (tertiary/aromatic N) is 3. The molecule has 2 aromatic carbocycles. The van der Waals surface area contributed by atoms with Gasteiger partial charge in [-0.1, -0.05) is 60.7 Å². The minimum Gasteiger partial charge on any atom is -0.310 e. The zero-order valence-electron chi connectivity index (χ0n) is 11.1. The zero-order valence-corrected chi connectivity index (χ0v) is 11.1. The van der Waals surface area contributed by atoms with E-state index in [9.17, 15) is 0 Å². The Morgan fingerprint density at radius 2 is 1.55 bits per heavy atom. The molecule has 0 fully saturated rings. The van der Waals surface area contributed by atoms with Crippen LogP contribution in [0.2, 0.25) is 0 Å². The number of fused-ring (bicyclic) bond motifs is 1. The van der Waals surface area contributed by atoms with Crippen LogP contribution in [0.3, 0.4) is 0 Å². The Bertz CT molecular complexity index is 717. The Labute approximate surface area is 117 Å². The molecule has 1 unspecified atom stereocenters. The molecule has 0 spiro atoms. The van der Waals surface area contributed by atoms with Gasteiger partial charge in [-0.05, 0) is 5.56 Å². The third-order valence-electron chi connectivity index (χ3n) is 3.96. The van der Waals surface area contributed by atoms with E-state index in [-0.39, 0.29) is 0 Å². The molecule has 0 bridgehead atoms. The van der Waals surface area contributed by atoms with Crippen LogP contribution in [0.1, 0.15) is 17.3 Å². The molecule has 1 aliphatic heterocycles. The van der Waals surface area contributed by atoms with Gasteiger partial charge in [-0.2, -0.15) is 0 Å². The van der Waals surface area contributed by atoms with Crippen LogP contribution < -0.4 is 0 Å². The van der Waals surface area contributed by atoms with Crippen molar-refractivity contribution in [3.63, 3.8) is 0 Å². The van der Waals surface area contributed by atoms with Gasteiger partial charge < -0.3 is 4.57 Å². The van der Waals surface area contributed by atoms with Gasteiger partial charge in [0, 0.05) is 24.4 Å². The molecule has 0 saturated heterocycles. The second kappa shape index (κ2) is 4.60. The lowest BCUT2D eigenvalue weighted by Gasteiger charge is -2.09. The average molecular weight is 261 g/mol. The first-order valence-corrected chi connectivity index (χ1v) is 6.94. The van der Waals surface area contributed by atoms with Crippen molar-refractivity contribution in [2.45, 2.75) is 18.9 Å². The summed E-state index contributed by atoms with van der Waals surface area (Å²) in [7, 11) is 0. The third kappa shape index (κ3) is 1.83. The van der Waals surface area contributed by atoms with Crippen LogP contribution in [0.5, 0.6) is 0 Å². The summed E-state index contributed by atoms with van der Waals surface area (Å²) in [5, 5.41) is 8.71. The van der Waals surface area contributed by atoms with Crippen molar-refractivity contribution in [3.8, 4) is 11.4 Å². The molecular weight excluding hydrogens is 246 g/mol. The van der Waals surface area contributed by atoms with Crippen LogP contribution in [0.25, 0.3) is 11.4 Å². The Morgan fingerprint density at radius 3 is 2.30 bits per heavy atom. The molecule has 0 N–H and O–H groups in total. The van der Waals surface area contributed by atoms with Gasteiger partial charge in [0.2, 0.25) is 0 Å². The van der Waals surface area contributed by atoms with Crippen LogP contribution in [0.4, 0.5) is 0 Å². The highest BCUT2D eigenvalue weighted by atomic mass is 15.3. The van der Waals surface area contributed by atoms with Gasteiger partial charge in [-0.25, -0.2) is 0 Å². The second-order valence-electron chi connectivity index (χ2n) is 5.23. The van der Waals surface area contributed by atoms with Gasteiger partial charge in [-0.3, -0.25) is 0 Å². The maximum Gasteiger partial charge on any atom is 0.163 e. The monoisotopic (exact) mass is 261 g/mol. The minimum absolute atomic E-state index is 0.518. The third-order valence-corrected chi connectivity index (χ3v) is 3.96. The summed E-state index contributed by atoms with van der Waals surface area (Å²) in [6.07, 6.45) is 0.976. The summed E-state index contributed by atoms with van der Waals surface area (Å²) in [6.45, 7) is 0.969. The lowest BCUT2D eigenvalue weighted by Crippen LogP contribution is -2.03. The van der Waals surface area contributed by atoms with E-state index in [1.165, 1.54) is 5.56 Å². The summed E-state index contributed by atoms with van der Waals surface area (Å²) in [5.41, 5.74) is 2.52. The smallest absolute Gasteiger partial charge is 0.163 e. The van der Waals surface area contributed by atoms with E-state index in [0.29, 0.717) is 5.92 Å². The van der Waals surface area contributed by atoms with Crippen LogP contribution in [0.15, 0.2) is 60.7 Å². The Balaban J connectivity index is 1.68. The maximum absolute atomic E-state index is 4.36. The molecule has 20 heavy (non-hydrogen) atoms. The van der Waals surface area contributed by atoms with E-state index < -0.39 is 0 Å². The van der Waals surface area contributed by atoms with Gasteiger partial charge >= 0.3 is 0 Å². The summed E-state index contributed by atoms with van der Waals surface area (Å²) in [4.78, 5) is 0. The van der Waals surface area contributed by atoms with E-state index in [0.717, 1.165) is 30.2 Å². The normalized spacial score (nSPS) is 17.1. The molecule has 3 nitrogen and oxygen atoms in total. The molecule has 0 saturated carbocycles. The summed E-state index contributed by atoms with van der Waals surface area (Å²) < 4.78 is 2.26. The predicted molar refractivity (Wildman–Crippen MR) is 78.3 cm³/mol. The SMILES string of the molecule is c1ccc(-c2nnc3n2CC(c2ccccc2)C3)cc1. The van der Waals surface area contributed by atoms with Crippen molar-refractivity contribution < 1.29 is 0 Å². The molecule has 3 heteroatoms. The van der Waals surface area contributed by atoms with Crippen molar-refractivity contribution in [2.24, 2.45) is 0 Å². The second-order valence-corrected chi connectivity index (χ2v) is 5.23. The van der Waals surface area contributed by atoms with Gasteiger partial charge in [0.05, 0.1) is 0 Å². The highest BCUT2D eigenvalue weighted by Gasteiger charge is 2.27. The summed E-state index contributed by atoms with van der Waals surface area (Å²) in [6, 6.07) is 21.0. The highest BCUT2D eigenvalue weighted by molar-refractivity contribution is 5.55. The van der Waals surface area contributed by atoms with Crippen molar-refractivity contribution in [1.82, 2.24) is 14.8 Å². The van der Waals surface area contributed by atoms with E-state index in [4.69, 9.17) is 0 Å². The first-order valence-electron chi connectivity index (χ1n) is 6.94. The lowest BCUT2D eigenvalue weighted by atomic mass is 9.98. The summed E-state index contributed by atoms with van der Waals surface area (Å²) >= 11 is 0. The fourth-order valence-corrected chi connectivity index (χ4v) is 2.93. The molecule has 98 valence electrons. The van der Waals surface area contributed by atoms with Crippen molar-refractivity contribution in [1.29, 1.82) is 0 Å². The number of hydrogen-bond acceptors (Lipinski definition) is 2.